The Balaban J connectivity index is 0.000000321. The number of carboxylic acid groups (broad SMARTS) is 1. The first-order valence-electron chi connectivity index (χ1n) is 8.36. The van der Waals surface area contributed by atoms with E-state index >= 15 is 0 Å². The van der Waals surface area contributed by atoms with Crippen LogP contribution in [-0.4, -0.2) is 51.9 Å². The van der Waals surface area contributed by atoms with Crippen molar-refractivity contribution in [3.8, 4) is 11.4 Å². The number of alkyl halides is 3. The van der Waals surface area contributed by atoms with Crippen molar-refractivity contribution in [2.45, 2.75) is 31.9 Å². The van der Waals surface area contributed by atoms with E-state index in [4.69, 9.17) is 14.4 Å². The van der Waals surface area contributed by atoms with E-state index in [9.17, 15) is 17.6 Å². The number of carboxylic acids is 1. The summed E-state index contributed by atoms with van der Waals surface area (Å²) in [5.41, 5.74) is 0.779. The fourth-order valence-corrected chi connectivity index (χ4v) is 2.53. The second kappa shape index (κ2) is 9.45. The Bertz CT molecular complexity index is 726. The number of aromatic nitrogens is 2. The SMILES string of the molecule is Fc1ccc(-c2noc(CCCN3CCCC3)n2)cc1.O=C(O)C(F)(F)F. The van der Waals surface area contributed by atoms with Gasteiger partial charge < -0.3 is 14.5 Å². The number of nitrogens with zero attached hydrogens (tertiary/aromatic N) is 3. The van der Waals surface area contributed by atoms with Crippen molar-refractivity contribution in [2.24, 2.45) is 0 Å². The molecule has 1 saturated heterocycles. The van der Waals surface area contributed by atoms with Crippen LogP contribution in [0.5, 0.6) is 0 Å². The van der Waals surface area contributed by atoms with E-state index in [2.05, 4.69) is 15.0 Å². The molecule has 1 aliphatic heterocycles. The first-order valence-corrected chi connectivity index (χ1v) is 8.36. The molecule has 1 aromatic carbocycles. The van der Waals surface area contributed by atoms with Crippen molar-refractivity contribution in [2.75, 3.05) is 19.6 Å². The number of aliphatic carboxylic acids is 1. The van der Waals surface area contributed by atoms with Crippen molar-refractivity contribution in [1.82, 2.24) is 15.0 Å². The molecule has 2 heterocycles. The number of rotatable bonds is 5. The van der Waals surface area contributed by atoms with Gasteiger partial charge in [-0.1, -0.05) is 5.16 Å². The van der Waals surface area contributed by atoms with Crippen LogP contribution in [0.1, 0.15) is 25.2 Å². The highest BCUT2D eigenvalue weighted by molar-refractivity contribution is 5.73. The standard InChI is InChI=1S/C15H18FN3O.C2HF3O2/c16-13-7-5-12(6-8-13)15-17-14(20-18-15)4-3-11-19-9-1-2-10-19;3-2(4,5)1(6)7/h5-8H,1-4,9-11H2;(H,6,7). The lowest BCUT2D eigenvalue weighted by Crippen LogP contribution is -2.21. The molecule has 0 atom stereocenters. The summed E-state index contributed by atoms with van der Waals surface area (Å²) in [6.07, 6.45) is -0.625. The van der Waals surface area contributed by atoms with Crippen LogP contribution in [0.15, 0.2) is 28.8 Å². The smallest absolute Gasteiger partial charge is 0.475 e. The van der Waals surface area contributed by atoms with Crippen LogP contribution in [-0.2, 0) is 11.2 Å². The van der Waals surface area contributed by atoms with Crippen LogP contribution in [0, 0.1) is 5.82 Å². The molecule has 0 saturated carbocycles. The fourth-order valence-electron chi connectivity index (χ4n) is 2.53. The van der Waals surface area contributed by atoms with E-state index in [1.165, 1.54) is 38.1 Å². The molecular formula is C17H19F4N3O3. The van der Waals surface area contributed by atoms with Gasteiger partial charge in [-0.05, 0) is 63.2 Å². The van der Waals surface area contributed by atoms with Crippen molar-refractivity contribution >= 4 is 5.97 Å². The van der Waals surface area contributed by atoms with Gasteiger partial charge in [0.05, 0.1) is 0 Å². The lowest BCUT2D eigenvalue weighted by atomic mass is 10.2. The number of hydrogen-bond acceptors (Lipinski definition) is 5. The van der Waals surface area contributed by atoms with Gasteiger partial charge in [0.1, 0.15) is 5.82 Å². The highest BCUT2D eigenvalue weighted by Crippen LogP contribution is 2.17. The third kappa shape index (κ3) is 6.97. The highest BCUT2D eigenvalue weighted by Gasteiger charge is 2.38. The molecule has 0 spiro atoms. The van der Waals surface area contributed by atoms with E-state index in [0.29, 0.717) is 11.7 Å². The maximum Gasteiger partial charge on any atom is 0.490 e. The molecule has 0 aliphatic carbocycles. The van der Waals surface area contributed by atoms with E-state index in [1.807, 2.05) is 0 Å². The molecule has 2 aromatic rings. The zero-order valence-electron chi connectivity index (χ0n) is 14.4. The molecule has 1 N–H and O–H groups in total. The Morgan fingerprint density at radius 3 is 2.33 bits per heavy atom. The maximum atomic E-state index is 12.9. The minimum absolute atomic E-state index is 0.261. The largest absolute Gasteiger partial charge is 0.490 e. The molecule has 27 heavy (non-hydrogen) atoms. The van der Waals surface area contributed by atoms with E-state index in [-0.39, 0.29) is 5.82 Å². The van der Waals surface area contributed by atoms with Gasteiger partial charge in [0.15, 0.2) is 0 Å². The lowest BCUT2D eigenvalue weighted by Gasteiger charge is -2.12. The fraction of sp³-hybridized carbons (Fsp3) is 0.471. The van der Waals surface area contributed by atoms with Gasteiger partial charge in [-0.25, -0.2) is 9.18 Å². The zero-order valence-corrected chi connectivity index (χ0v) is 14.4. The minimum Gasteiger partial charge on any atom is -0.475 e. The molecule has 0 unspecified atom stereocenters. The number of halogens is 4. The van der Waals surface area contributed by atoms with Crippen LogP contribution in [0.2, 0.25) is 0 Å². The average Bonchev–Trinajstić information content (AvgIpc) is 3.27. The Kier molecular flexibility index (Phi) is 7.28. The summed E-state index contributed by atoms with van der Waals surface area (Å²) >= 11 is 0. The monoisotopic (exact) mass is 389 g/mol. The molecule has 148 valence electrons. The Morgan fingerprint density at radius 1 is 1.19 bits per heavy atom. The van der Waals surface area contributed by atoms with Gasteiger partial charge in [0.25, 0.3) is 0 Å². The molecule has 0 radical (unpaired) electrons. The quantitative estimate of drug-likeness (QED) is 0.788. The Labute approximate surface area is 152 Å². The van der Waals surface area contributed by atoms with Gasteiger partial charge in [-0.2, -0.15) is 18.2 Å². The number of benzene rings is 1. The molecule has 1 fully saturated rings. The highest BCUT2D eigenvalue weighted by atomic mass is 19.4. The van der Waals surface area contributed by atoms with Gasteiger partial charge in [0.2, 0.25) is 11.7 Å². The first-order chi connectivity index (χ1) is 12.8. The molecule has 1 aliphatic rings. The maximum absolute atomic E-state index is 12.9. The second-order valence-electron chi connectivity index (χ2n) is 5.97. The van der Waals surface area contributed by atoms with Gasteiger partial charge in [-0.3, -0.25) is 0 Å². The minimum atomic E-state index is -5.08. The molecule has 6 nitrogen and oxygen atoms in total. The third-order valence-electron chi connectivity index (χ3n) is 3.88. The molecular weight excluding hydrogens is 370 g/mol. The van der Waals surface area contributed by atoms with Crippen LogP contribution in [0.4, 0.5) is 17.6 Å². The topological polar surface area (TPSA) is 79.5 Å². The Hall–Kier alpha value is -2.49. The van der Waals surface area contributed by atoms with Crippen molar-refractivity contribution < 1.29 is 32.0 Å². The van der Waals surface area contributed by atoms with Crippen LogP contribution in [0.25, 0.3) is 11.4 Å². The number of aryl methyl sites for hydroxylation is 1. The van der Waals surface area contributed by atoms with E-state index in [0.717, 1.165) is 24.9 Å². The zero-order chi connectivity index (χ0) is 19.9. The first kappa shape index (κ1) is 20.8. The summed E-state index contributed by atoms with van der Waals surface area (Å²) in [6.45, 7) is 3.52. The number of hydrogen-bond donors (Lipinski definition) is 1. The average molecular weight is 389 g/mol. The number of likely N-dealkylation sites (tertiary alicyclic amines) is 1. The van der Waals surface area contributed by atoms with Gasteiger partial charge in [-0.15, -0.1) is 0 Å². The summed E-state index contributed by atoms with van der Waals surface area (Å²) < 4.78 is 49.8. The Morgan fingerprint density at radius 2 is 1.78 bits per heavy atom. The summed E-state index contributed by atoms with van der Waals surface area (Å²) in [5.74, 6) is -1.83. The summed E-state index contributed by atoms with van der Waals surface area (Å²) in [4.78, 5) is 15.7. The van der Waals surface area contributed by atoms with Crippen molar-refractivity contribution in [1.29, 1.82) is 0 Å². The predicted molar refractivity (Wildman–Crippen MR) is 87.4 cm³/mol. The summed E-state index contributed by atoms with van der Waals surface area (Å²) in [5, 5.41) is 11.1. The van der Waals surface area contributed by atoms with Crippen molar-refractivity contribution in [3.05, 3.63) is 36.0 Å². The third-order valence-corrected chi connectivity index (χ3v) is 3.88. The van der Waals surface area contributed by atoms with Gasteiger partial charge in [0, 0.05) is 12.0 Å². The van der Waals surface area contributed by atoms with Crippen LogP contribution >= 0.6 is 0 Å². The van der Waals surface area contributed by atoms with Crippen LogP contribution < -0.4 is 0 Å². The molecule has 1 aromatic heterocycles. The normalized spacial score (nSPS) is 14.7. The molecule has 0 bridgehead atoms. The van der Waals surface area contributed by atoms with Crippen molar-refractivity contribution in [3.63, 3.8) is 0 Å². The van der Waals surface area contributed by atoms with Crippen LogP contribution in [0.3, 0.4) is 0 Å². The molecule has 3 rings (SSSR count). The summed E-state index contributed by atoms with van der Waals surface area (Å²) in [6, 6.07) is 6.12. The number of carbonyl (C=O) groups is 1. The predicted octanol–water partition coefficient (Wildman–Crippen LogP) is 3.54. The second-order valence-corrected chi connectivity index (χ2v) is 5.97. The van der Waals surface area contributed by atoms with E-state index in [1.54, 1.807) is 12.1 Å². The summed E-state index contributed by atoms with van der Waals surface area (Å²) in [7, 11) is 0. The lowest BCUT2D eigenvalue weighted by molar-refractivity contribution is -0.192. The molecule has 0 amide bonds. The van der Waals surface area contributed by atoms with E-state index < -0.39 is 12.1 Å². The molecule has 10 heteroatoms. The van der Waals surface area contributed by atoms with Gasteiger partial charge >= 0.3 is 12.1 Å².